The molecule has 1 aliphatic heterocycles. The smallest absolute Gasteiger partial charge is 0.233 e. The maximum absolute atomic E-state index is 11.7. The van der Waals surface area contributed by atoms with E-state index >= 15 is 0 Å². The lowest BCUT2D eigenvalue weighted by molar-refractivity contribution is -0.142. The standard InChI is InChI=1S/C10H12N2O2/c1-10(2)6-7(10)9(14)12(8(6)13)5-3-4-11/h6-7H,3,5H2,1-2H3. The van der Waals surface area contributed by atoms with Crippen molar-refractivity contribution >= 4 is 11.8 Å². The summed E-state index contributed by atoms with van der Waals surface area (Å²) in [7, 11) is 0. The third-order valence-electron chi connectivity index (χ3n) is 3.34. The molecule has 1 heterocycles. The molecule has 2 atom stereocenters. The zero-order valence-electron chi connectivity index (χ0n) is 8.28. The fourth-order valence-electron chi connectivity index (χ4n) is 2.39. The van der Waals surface area contributed by atoms with Crippen molar-refractivity contribution in [2.45, 2.75) is 20.3 Å². The van der Waals surface area contributed by atoms with Crippen molar-refractivity contribution in [1.82, 2.24) is 4.90 Å². The molecule has 0 aromatic rings. The summed E-state index contributed by atoms with van der Waals surface area (Å²) in [5.74, 6) is -0.400. The van der Waals surface area contributed by atoms with E-state index in [4.69, 9.17) is 5.26 Å². The summed E-state index contributed by atoms with van der Waals surface area (Å²) >= 11 is 0. The molecule has 0 spiro atoms. The quantitative estimate of drug-likeness (QED) is 0.600. The van der Waals surface area contributed by atoms with Gasteiger partial charge in [0.1, 0.15) is 0 Å². The number of piperidine rings is 1. The molecule has 0 aromatic carbocycles. The summed E-state index contributed by atoms with van der Waals surface area (Å²) in [6.45, 7) is 4.15. The molecule has 2 amide bonds. The number of carbonyl (C=O) groups is 2. The summed E-state index contributed by atoms with van der Waals surface area (Å²) in [6, 6.07) is 1.94. The van der Waals surface area contributed by atoms with Gasteiger partial charge in [-0.1, -0.05) is 13.8 Å². The third-order valence-corrected chi connectivity index (χ3v) is 3.34. The van der Waals surface area contributed by atoms with Crippen LogP contribution in [0.2, 0.25) is 0 Å². The molecule has 4 nitrogen and oxygen atoms in total. The Kier molecular flexibility index (Phi) is 1.69. The van der Waals surface area contributed by atoms with Crippen LogP contribution in [0.15, 0.2) is 0 Å². The van der Waals surface area contributed by atoms with Gasteiger partial charge in [-0.15, -0.1) is 0 Å². The topological polar surface area (TPSA) is 61.2 Å². The van der Waals surface area contributed by atoms with Crippen molar-refractivity contribution in [1.29, 1.82) is 5.26 Å². The minimum atomic E-state index is -0.142. The molecule has 74 valence electrons. The fraction of sp³-hybridized carbons (Fsp3) is 0.700. The number of rotatable bonds is 2. The molecule has 0 N–H and O–H groups in total. The molecule has 2 aliphatic rings. The van der Waals surface area contributed by atoms with Crippen molar-refractivity contribution in [3.8, 4) is 6.07 Å². The Morgan fingerprint density at radius 1 is 1.36 bits per heavy atom. The molecule has 2 fully saturated rings. The van der Waals surface area contributed by atoms with Gasteiger partial charge in [-0.05, 0) is 5.41 Å². The molecule has 0 radical (unpaired) electrons. The predicted molar refractivity (Wildman–Crippen MR) is 47.7 cm³/mol. The monoisotopic (exact) mass is 192 g/mol. The summed E-state index contributed by atoms with van der Waals surface area (Å²) < 4.78 is 0. The zero-order chi connectivity index (χ0) is 10.5. The van der Waals surface area contributed by atoms with Crippen molar-refractivity contribution in [3.05, 3.63) is 0 Å². The second kappa shape index (κ2) is 2.57. The maximum Gasteiger partial charge on any atom is 0.233 e. The van der Waals surface area contributed by atoms with Crippen molar-refractivity contribution in [2.75, 3.05) is 6.54 Å². The van der Waals surface area contributed by atoms with E-state index in [1.807, 2.05) is 19.9 Å². The highest BCUT2D eigenvalue weighted by Gasteiger charge is 2.72. The van der Waals surface area contributed by atoms with Crippen LogP contribution in [0.4, 0.5) is 0 Å². The summed E-state index contributed by atoms with van der Waals surface area (Å²) in [6.07, 6.45) is 0.233. The number of fused-ring (bicyclic) bond motifs is 1. The van der Waals surface area contributed by atoms with Gasteiger partial charge in [-0.25, -0.2) is 0 Å². The van der Waals surface area contributed by atoms with Crippen molar-refractivity contribution in [3.63, 3.8) is 0 Å². The van der Waals surface area contributed by atoms with Gasteiger partial charge < -0.3 is 0 Å². The highest BCUT2D eigenvalue weighted by atomic mass is 16.2. The van der Waals surface area contributed by atoms with Crippen LogP contribution in [-0.2, 0) is 9.59 Å². The minimum Gasteiger partial charge on any atom is -0.281 e. The number of carbonyl (C=O) groups excluding carboxylic acids is 2. The lowest BCUT2D eigenvalue weighted by atomic mass is 10.1. The van der Waals surface area contributed by atoms with E-state index in [1.54, 1.807) is 0 Å². The van der Waals surface area contributed by atoms with E-state index in [2.05, 4.69) is 0 Å². The summed E-state index contributed by atoms with van der Waals surface area (Å²) in [5.41, 5.74) is -0.142. The Morgan fingerprint density at radius 3 is 2.29 bits per heavy atom. The van der Waals surface area contributed by atoms with Gasteiger partial charge in [0.25, 0.3) is 0 Å². The number of likely N-dealkylation sites (tertiary alicyclic amines) is 1. The Hall–Kier alpha value is -1.37. The van der Waals surface area contributed by atoms with Crippen LogP contribution in [0.5, 0.6) is 0 Å². The maximum atomic E-state index is 11.7. The molecule has 1 saturated heterocycles. The Labute approximate surface area is 82.5 Å². The first-order valence-corrected chi connectivity index (χ1v) is 4.74. The molecule has 2 rings (SSSR count). The molecule has 0 bridgehead atoms. The van der Waals surface area contributed by atoms with Gasteiger partial charge in [0.05, 0.1) is 24.3 Å². The summed E-state index contributed by atoms with van der Waals surface area (Å²) in [4.78, 5) is 24.6. The van der Waals surface area contributed by atoms with Crippen LogP contribution in [-0.4, -0.2) is 23.3 Å². The van der Waals surface area contributed by atoms with Gasteiger partial charge in [0, 0.05) is 6.54 Å². The Bertz CT molecular complexity index is 330. The summed E-state index contributed by atoms with van der Waals surface area (Å²) in [5, 5.41) is 8.38. The lowest BCUT2D eigenvalue weighted by Crippen LogP contribution is -2.36. The largest absolute Gasteiger partial charge is 0.281 e. The average molecular weight is 192 g/mol. The number of hydrogen-bond acceptors (Lipinski definition) is 3. The van der Waals surface area contributed by atoms with E-state index < -0.39 is 0 Å². The van der Waals surface area contributed by atoms with Crippen LogP contribution in [0, 0.1) is 28.6 Å². The van der Waals surface area contributed by atoms with Gasteiger partial charge >= 0.3 is 0 Å². The number of nitriles is 1. The number of amides is 2. The molecule has 0 aromatic heterocycles. The van der Waals surface area contributed by atoms with Gasteiger partial charge in [-0.3, -0.25) is 14.5 Å². The second-order valence-corrected chi connectivity index (χ2v) is 4.51. The van der Waals surface area contributed by atoms with Crippen LogP contribution in [0.1, 0.15) is 20.3 Å². The van der Waals surface area contributed by atoms with Gasteiger partial charge in [-0.2, -0.15) is 5.26 Å². The number of hydrogen-bond donors (Lipinski definition) is 0. The van der Waals surface area contributed by atoms with E-state index in [9.17, 15) is 9.59 Å². The predicted octanol–water partition coefficient (Wildman–Crippen LogP) is 0.541. The Morgan fingerprint density at radius 2 is 1.86 bits per heavy atom. The molecule has 1 saturated carbocycles. The molecule has 1 aliphatic carbocycles. The molecular formula is C10H12N2O2. The molecule has 4 heteroatoms. The first-order chi connectivity index (χ1) is 6.51. The van der Waals surface area contributed by atoms with Crippen LogP contribution in [0.3, 0.4) is 0 Å². The first-order valence-electron chi connectivity index (χ1n) is 4.74. The number of nitrogens with zero attached hydrogens (tertiary/aromatic N) is 2. The van der Waals surface area contributed by atoms with E-state index in [0.717, 1.165) is 0 Å². The van der Waals surface area contributed by atoms with Crippen LogP contribution < -0.4 is 0 Å². The van der Waals surface area contributed by atoms with Gasteiger partial charge in [0.15, 0.2) is 0 Å². The number of imide groups is 1. The van der Waals surface area contributed by atoms with E-state index in [1.165, 1.54) is 4.90 Å². The van der Waals surface area contributed by atoms with Crippen molar-refractivity contribution < 1.29 is 9.59 Å². The second-order valence-electron chi connectivity index (χ2n) is 4.51. The zero-order valence-corrected chi connectivity index (χ0v) is 8.28. The van der Waals surface area contributed by atoms with Gasteiger partial charge in [0.2, 0.25) is 11.8 Å². The average Bonchev–Trinajstić information content (AvgIpc) is 2.57. The Balaban J connectivity index is 2.11. The third kappa shape index (κ3) is 0.926. The first kappa shape index (κ1) is 9.20. The fourth-order valence-corrected chi connectivity index (χ4v) is 2.39. The SMILES string of the molecule is CC1(C)C2C(=O)N(CCC#N)C(=O)C21. The van der Waals surface area contributed by atoms with E-state index in [-0.39, 0.29) is 42.0 Å². The highest BCUT2D eigenvalue weighted by Crippen LogP contribution is 2.63. The van der Waals surface area contributed by atoms with Crippen LogP contribution >= 0.6 is 0 Å². The molecule has 14 heavy (non-hydrogen) atoms. The normalized spacial score (nSPS) is 32.8. The lowest BCUT2D eigenvalue weighted by Gasteiger charge is -2.18. The van der Waals surface area contributed by atoms with Crippen LogP contribution in [0.25, 0.3) is 0 Å². The van der Waals surface area contributed by atoms with E-state index in [0.29, 0.717) is 0 Å². The molecule has 2 unspecified atom stereocenters. The van der Waals surface area contributed by atoms with Crippen molar-refractivity contribution in [2.24, 2.45) is 17.3 Å². The molecular weight excluding hydrogens is 180 g/mol. The highest BCUT2D eigenvalue weighted by molar-refractivity contribution is 6.10. The minimum absolute atomic E-state index is 0.0831.